The summed E-state index contributed by atoms with van der Waals surface area (Å²) in [5.41, 5.74) is 7.42. The molecule has 0 fully saturated rings. The lowest BCUT2D eigenvalue weighted by Gasteiger charge is -2.13. The fraction of sp³-hybridized carbons (Fsp3) is 0.188. The van der Waals surface area contributed by atoms with E-state index < -0.39 is 12.0 Å². The number of nitrogens with two attached hydrogens (primary N) is 1. The molecule has 1 unspecified atom stereocenters. The van der Waals surface area contributed by atoms with Crippen LogP contribution in [0.2, 0.25) is 0 Å². The normalized spacial score (nSPS) is 12.0. The summed E-state index contributed by atoms with van der Waals surface area (Å²) in [5, 5.41) is 8.89. The number of hydrogen-bond acceptors (Lipinski definition) is 3. The van der Waals surface area contributed by atoms with E-state index in [0.29, 0.717) is 12.4 Å². The monoisotopic (exact) mass is 505 g/mol. The lowest BCUT2D eigenvalue weighted by Crippen LogP contribution is -2.32. The number of aliphatic carboxylic acids is 1. The quantitative estimate of drug-likeness (QED) is 0.603. The summed E-state index contributed by atoms with van der Waals surface area (Å²) in [7, 11) is 0. The lowest BCUT2D eigenvalue weighted by molar-refractivity contribution is -0.138. The average molecular weight is 508 g/mol. The predicted octanol–water partition coefficient (Wildman–Crippen LogP) is 4.51. The summed E-state index contributed by atoms with van der Waals surface area (Å²) in [4.78, 5) is 10.9. The van der Waals surface area contributed by atoms with Gasteiger partial charge in [0.05, 0.1) is 8.95 Å². The predicted molar refractivity (Wildman–Crippen MR) is 99.6 cm³/mol. The third-order valence-corrected chi connectivity index (χ3v) is 4.77. The third kappa shape index (κ3) is 5.31. The zero-order valence-electron chi connectivity index (χ0n) is 11.9. The molecule has 4 nitrogen and oxygen atoms in total. The van der Waals surface area contributed by atoms with Gasteiger partial charge in [-0.2, -0.15) is 0 Å². The van der Waals surface area contributed by atoms with Crippen molar-refractivity contribution in [2.24, 2.45) is 5.73 Å². The molecule has 0 saturated heterocycles. The molecule has 0 aliphatic carbocycles. The first-order valence-corrected chi connectivity index (χ1v) is 9.08. The van der Waals surface area contributed by atoms with Crippen molar-refractivity contribution >= 4 is 53.8 Å². The summed E-state index contributed by atoms with van der Waals surface area (Å²) < 4.78 is 8.34. The van der Waals surface area contributed by atoms with Gasteiger partial charge in [0, 0.05) is 4.47 Å². The Kier molecular flexibility index (Phi) is 6.64. The fourth-order valence-corrected chi connectivity index (χ4v) is 3.95. The van der Waals surface area contributed by atoms with Gasteiger partial charge in [-0.15, -0.1) is 0 Å². The average Bonchev–Trinajstić information content (AvgIpc) is 2.46. The molecule has 23 heavy (non-hydrogen) atoms. The van der Waals surface area contributed by atoms with Crippen LogP contribution in [0.1, 0.15) is 11.1 Å². The first kappa shape index (κ1) is 18.4. The van der Waals surface area contributed by atoms with Crippen molar-refractivity contribution in [1.29, 1.82) is 0 Å². The van der Waals surface area contributed by atoms with Crippen LogP contribution in [0.25, 0.3) is 0 Å². The van der Waals surface area contributed by atoms with Crippen molar-refractivity contribution < 1.29 is 14.6 Å². The molecule has 0 heterocycles. The van der Waals surface area contributed by atoms with Crippen molar-refractivity contribution in [1.82, 2.24) is 0 Å². The number of rotatable bonds is 6. The van der Waals surface area contributed by atoms with E-state index in [0.717, 1.165) is 24.5 Å². The summed E-state index contributed by atoms with van der Waals surface area (Å²) in [6.07, 6.45) is 0.248. The fourth-order valence-electron chi connectivity index (χ4n) is 1.99. The van der Waals surface area contributed by atoms with E-state index in [2.05, 4.69) is 47.8 Å². The second-order valence-electron chi connectivity index (χ2n) is 4.96. The van der Waals surface area contributed by atoms with Crippen LogP contribution in [0.5, 0.6) is 5.75 Å². The van der Waals surface area contributed by atoms with Crippen LogP contribution in [0.4, 0.5) is 0 Å². The van der Waals surface area contributed by atoms with Gasteiger partial charge in [-0.05, 0) is 73.7 Å². The standard InChI is InChI=1S/C16H14Br3NO3/c17-11-3-1-2-9(4-11)8-23-15-12(18)5-10(6-13(15)19)7-14(20)16(21)22/h1-6,14H,7-8,20H2,(H,21,22). The molecule has 0 bridgehead atoms. The van der Waals surface area contributed by atoms with Crippen LogP contribution >= 0.6 is 47.8 Å². The highest BCUT2D eigenvalue weighted by molar-refractivity contribution is 9.11. The summed E-state index contributed by atoms with van der Waals surface area (Å²) in [5.74, 6) is -0.357. The molecule has 0 aromatic heterocycles. The van der Waals surface area contributed by atoms with E-state index in [1.165, 1.54) is 0 Å². The van der Waals surface area contributed by atoms with Gasteiger partial charge in [-0.3, -0.25) is 4.79 Å². The number of carboxylic acid groups (broad SMARTS) is 1. The Morgan fingerprint density at radius 2 is 1.78 bits per heavy atom. The van der Waals surface area contributed by atoms with Gasteiger partial charge in [-0.25, -0.2) is 0 Å². The molecule has 0 spiro atoms. The number of halogens is 3. The van der Waals surface area contributed by atoms with Crippen molar-refractivity contribution in [2.45, 2.75) is 19.1 Å². The molecule has 0 amide bonds. The van der Waals surface area contributed by atoms with Crippen molar-refractivity contribution in [2.75, 3.05) is 0 Å². The largest absolute Gasteiger partial charge is 0.487 e. The molecule has 2 rings (SSSR count). The minimum Gasteiger partial charge on any atom is -0.487 e. The Morgan fingerprint density at radius 3 is 2.35 bits per heavy atom. The lowest BCUT2D eigenvalue weighted by atomic mass is 10.1. The Morgan fingerprint density at radius 1 is 1.13 bits per heavy atom. The van der Waals surface area contributed by atoms with Crippen molar-refractivity contribution in [3.8, 4) is 5.75 Å². The highest BCUT2D eigenvalue weighted by Crippen LogP contribution is 2.35. The molecule has 0 saturated carbocycles. The topological polar surface area (TPSA) is 72.5 Å². The van der Waals surface area contributed by atoms with E-state index >= 15 is 0 Å². The molecule has 2 aromatic carbocycles. The molecule has 2 aromatic rings. The SMILES string of the molecule is NC(Cc1cc(Br)c(OCc2cccc(Br)c2)c(Br)c1)C(=O)O. The molecule has 1 atom stereocenters. The van der Waals surface area contributed by atoms with Crippen LogP contribution in [0, 0.1) is 0 Å². The maximum atomic E-state index is 10.9. The second-order valence-corrected chi connectivity index (χ2v) is 7.58. The molecule has 0 aliphatic heterocycles. The number of ether oxygens (including phenoxy) is 1. The summed E-state index contributed by atoms with van der Waals surface area (Å²) >= 11 is 10.3. The van der Waals surface area contributed by atoms with Crippen LogP contribution in [-0.2, 0) is 17.8 Å². The van der Waals surface area contributed by atoms with Gasteiger partial charge in [-0.1, -0.05) is 28.1 Å². The van der Waals surface area contributed by atoms with Crippen LogP contribution < -0.4 is 10.5 Å². The first-order valence-electron chi connectivity index (χ1n) is 6.70. The molecule has 122 valence electrons. The van der Waals surface area contributed by atoms with Gasteiger partial charge < -0.3 is 15.6 Å². The molecule has 0 aliphatic rings. The number of benzene rings is 2. The third-order valence-electron chi connectivity index (χ3n) is 3.10. The molecule has 3 N–H and O–H groups in total. The number of carbonyl (C=O) groups is 1. The zero-order valence-corrected chi connectivity index (χ0v) is 16.7. The molecular formula is C16H14Br3NO3. The van der Waals surface area contributed by atoms with E-state index in [1.54, 1.807) is 0 Å². The Labute approximate surface area is 159 Å². The molecule has 0 radical (unpaired) electrons. The Bertz CT molecular complexity index is 698. The zero-order chi connectivity index (χ0) is 17.0. The summed E-state index contributed by atoms with van der Waals surface area (Å²) in [6.45, 7) is 0.421. The first-order chi connectivity index (χ1) is 10.9. The van der Waals surface area contributed by atoms with Crippen molar-refractivity contribution in [3.63, 3.8) is 0 Å². The molecule has 7 heteroatoms. The Hall–Kier alpha value is -0.890. The maximum absolute atomic E-state index is 10.9. The molecular weight excluding hydrogens is 494 g/mol. The van der Waals surface area contributed by atoms with E-state index in [9.17, 15) is 4.79 Å². The van der Waals surface area contributed by atoms with Gasteiger partial charge in [0.2, 0.25) is 0 Å². The highest BCUT2D eigenvalue weighted by atomic mass is 79.9. The van der Waals surface area contributed by atoms with Crippen LogP contribution in [0.15, 0.2) is 49.8 Å². The van der Waals surface area contributed by atoms with E-state index in [1.807, 2.05) is 36.4 Å². The van der Waals surface area contributed by atoms with E-state index in [-0.39, 0.29) is 6.42 Å². The highest BCUT2D eigenvalue weighted by Gasteiger charge is 2.15. The minimum atomic E-state index is -1.02. The van der Waals surface area contributed by atoms with Gasteiger partial charge in [0.15, 0.2) is 0 Å². The van der Waals surface area contributed by atoms with Crippen LogP contribution in [-0.4, -0.2) is 17.1 Å². The Balaban J connectivity index is 2.12. The number of hydrogen-bond donors (Lipinski definition) is 2. The van der Waals surface area contributed by atoms with Gasteiger partial charge >= 0.3 is 5.97 Å². The van der Waals surface area contributed by atoms with E-state index in [4.69, 9.17) is 15.6 Å². The summed E-state index contributed by atoms with van der Waals surface area (Å²) in [6, 6.07) is 10.6. The van der Waals surface area contributed by atoms with Gasteiger partial charge in [0.25, 0.3) is 0 Å². The second kappa shape index (κ2) is 8.28. The maximum Gasteiger partial charge on any atom is 0.320 e. The number of carboxylic acids is 1. The van der Waals surface area contributed by atoms with Crippen molar-refractivity contribution in [3.05, 3.63) is 60.9 Å². The minimum absolute atomic E-state index is 0.248. The smallest absolute Gasteiger partial charge is 0.320 e. The van der Waals surface area contributed by atoms with Gasteiger partial charge in [0.1, 0.15) is 18.4 Å². The van der Waals surface area contributed by atoms with Crippen LogP contribution in [0.3, 0.4) is 0 Å².